The van der Waals surface area contributed by atoms with Gasteiger partial charge in [-0.05, 0) is 67.7 Å². The van der Waals surface area contributed by atoms with Gasteiger partial charge in [0.25, 0.3) is 0 Å². The van der Waals surface area contributed by atoms with Gasteiger partial charge in [0, 0.05) is 11.1 Å². The SMILES string of the molecule is CCCC1CCC2C(C(=O)Oc3ccc(-c4ccc(OC)c(F)c4F)c(F)c3F)CCC12. The molecule has 7 heteroatoms. The van der Waals surface area contributed by atoms with Crippen molar-refractivity contribution in [3.8, 4) is 22.6 Å². The summed E-state index contributed by atoms with van der Waals surface area (Å²) in [5.41, 5.74) is -0.926. The Morgan fingerprint density at radius 1 is 0.844 bits per heavy atom. The minimum atomic E-state index is -1.41. The normalized spacial score (nSPS) is 24.4. The molecule has 2 saturated carbocycles. The molecule has 4 rings (SSSR count). The number of ether oxygens (including phenoxy) is 2. The highest BCUT2D eigenvalue weighted by molar-refractivity contribution is 5.76. The molecule has 0 heterocycles. The summed E-state index contributed by atoms with van der Waals surface area (Å²) in [6.07, 6.45) is 5.94. The fourth-order valence-corrected chi connectivity index (χ4v) is 5.64. The first-order chi connectivity index (χ1) is 15.4. The van der Waals surface area contributed by atoms with E-state index in [2.05, 4.69) is 6.92 Å². The van der Waals surface area contributed by atoms with E-state index in [0.717, 1.165) is 56.4 Å². The molecular weight excluding hydrogens is 424 g/mol. The van der Waals surface area contributed by atoms with Crippen molar-refractivity contribution in [2.75, 3.05) is 7.11 Å². The van der Waals surface area contributed by atoms with Gasteiger partial charge in [-0.3, -0.25) is 4.79 Å². The maximum Gasteiger partial charge on any atom is 0.314 e. The monoisotopic (exact) mass is 450 g/mol. The average Bonchev–Trinajstić information content (AvgIpc) is 3.37. The standard InChI is InChI=1S/C25H26F4O3/c1-3-4-13-5-6-15-14(13)7-8-18(15)25(30)32-20-12-10-17(22(27)24(20)29)16-9-11-19(31-2)23(28)21(16)26/h9-15,18H,3-8H2,1-2H3. The zero-order chi connectivity index (χ0) is 23.0. The second-order valence-electron chi connectivity index (χ2n) is 8.74. The molecule has 0 radical (unpaired) electrons. The highest BCUT2D eigenvalue weighted by Crippen LogP contribution is 2.52. The van der Waals surface area contributed by atoms with Crippen LogP contribution >= 0.6 is 0 Å². The van der Waals surface area contributed by atoms with Gasteiger partial charge < -0.3 is 9.47 Å². The van der Waals surface area contributed by atoms with Crippen LogP contribution in [0.25, 0.3) is 11.1 Å². The molecule has 0 spiro atoms. The molecule has 0 bridgehead atoms. The van der Waals surface area contributed by atoms with Crippen LogP contribution in [0.2, 0.25) is 0 Å². The molecule has 0 amide bonds. The van der Waals surface area contributed by atoms with E-state index in [1.807, 2.05) is 0 Å². The first-order valence-electron chi connectivity index (χ1n) is 11.1. The van der Waals surface area contributed by atoms with Crippen LogP contribution < -0.4 is 9.47 Å². The first kappa shape index (κ1) is 22.6. The zero-order valence-corrected chi connectivity index (χ0v) is 18.1. The molecular formula is C25H26F4O3. The summed E-state index contributed by atoms with van der Waals surface area (Å²) >= 11 is 0. The minimum absolute atomic E-state index is 0.225. The Morgan fingerprint density at radius 3 is 2.06 bits per heavy atom. The Labute approximate surface area is 184 Å². The van der Waals surface area contributed by atoms with Crippen molar-refractivity contribution in [2.24, 2.45) is 23.7 Å². The summed E-state index contributed by atoms with van der Waals surface area (Å²) in [5, 5.41) is 0. The second kappa shape index (κ2) is 9.12. The third-order valence-corrected chi connectivity index (χ3v) is 7.13. The quantitative estimate of drug-likeness (QED) is 0.280. The Kier molecular flexibility index (Phi) is 6.45. The van der Waals surface area contributed by atoms with Crippen molar-refractivity contribution in [3.05, 3.63) is 47.5 Å². The Bertz CT molecular complexity index is 1020. The van der Waals surface area contributed by atoms with E-state index in [9.17, 15) is 22.4 Å². The van der Waals surface area contributed by atoms with Gasteiger partial charge in [-0.15, -0.1) is 0 Å². The van der Waals surface area contributed by atoms with Crippen molar-refractivity contribution in [1.29, 1.82) is 0 Å². The number of esters is 1. The van der Waals surface area contributed by atoms with Crippen molar-refractivity contribution in [2.45, 2.75) is 45.4 Å². The van der Waals surface area contributed by atoms with E-state index in [-0.39, 0.29) is 17.6 Å². The van der Waals surface area contributed by atoms with E-state index < -0.39 is 46.1 Å². The lowest BCUT2D eigenvalue weighted by atomic mass is 9.87. The molecule has 0 N–H and O–H groups in total. The van der Waals surface area contributed by atoms with Crippen LogP contribution in [0.1, 0.15) is 45.4 Å². The minimum Gasteiger partial charge on any atom is -0.494 e. The number of fused-ring (bicyclic) bond motifs is 1. The van der Waals surface area contributed by atoms with E-state index in [1.165, 1.54) is 7.11 Å². The van der Waals surface area contributed by atoms with Gasteiger partial charge >= 0.3 is 5.97 Å². The number of hydrogen-bond donors (Lipinski definition) is 0. The van der Waals surface area contributed by atoms with Crippen LogP contribution in [-0.4, -0.2) is 13.1 Å². The van der Waals surface area contributed by atoms with Crippen molar-refractivity contribution >= 4 is 5.97 Å². The molecule has 2 aromatic carbocycles. The van der Waals surface area contributed by atoms with Gasteiger partial charge in [-0.2, -0.15) is 8.78 Å². The van der Waals surface area contributed by atoms with Gasteiger partial charge in [0.15, 0.2) is 23.1 Å². The highest BCUT2D eigenvalue weighted by atomic mass is 19.2. The van der Waals surface area contributed by atoms with Gasteiger partial charge in [0.1, 0.15) is 0 Å². The third kappa shape index (κ3) is 3.86. The van der Waals surface area contributed by atoms with Gasteiger partial charge in [0.2, 0.25) is 11.6 Å². The molecule has 4 atom stereocenters. The van der Waals surface area contributed by atoms with Crippen molar-refractivity contribution in [1.82, 2.24) is 0 Å². The molecule has 32 heavy (non-hydrogen) atoms. The number of rotatable bonds is 6. The van der Waals surface area contributed by atoms with Gasteiger partial charge in [-0.1, -0.05) is 19.8 Å². The van der Waals surface area contributed by atoms with Crippen LogP contribution in [-0.2, 0) is 4.79 Å². The Morgan fingerprint density at radius 2 is 1.44 bits per heavy atom. The van der Waals surface area contributed by atoms with Crippen LogP contribution in [0.3, 0.4) is 0 Å². The molecule has 0 saturated heterocycles. The van der Waals surface area contributed by atoms with Crippen molar-refractivity contribution in [3.63, 3.8) is 0 Å². The van der Waals surface area contributed by atoms with Gasteiger partial charge in [0.05, 0.1) is 13.0 Å². The van der Waals surface area contributed by atoms with Gasteiger partial charge in [-0.25, -0.2) is 8.78 Å². The summed E-state index contributed by atoms with van der Waals surface area (Å²) in [6, 6.07) is 4.39. The maximum absolute atomic E-state index is 14.7. The molecule has 3 nitrogen and oxygen atoms in total. The highest BCUT2D eigenvalue weighted by Gasteiger charge is 2.47. The Hall–Kier alpha value is -2.57. The summed E-state index contributed by atoms with van der Waals surface area (Å²) in [7, 11) is 1.17. The van der Waals surface area contributed by atoms with Crippen molar-refractivity contribution < 1.29 is 31.8 Å². The number of hydrogen-bond acceptors (Lipinski definition) is 3. The first-order valence-corrected chi connectivity index (χ1v) is 11.1. The molecule has 4 unspecified atom stereocenters. The molecule has 2 aliphatic rings. The van der Waals surface area contributed by atoms with E-state index >= 15 is 0 Å². The average molecular weight is 450 g/mol. The van der Waals surface area contributed by atoms with Crippen LogP contribution in [0.4, 0.5) is 17.6 Å². The molecule has 0 aliphatic heterocycles. The molecule has 2 aliphatic carbocycles. The summed E-state index contributed by atoms with van der Waals surface area (Å²) < 4.78 is 67.7. The summed E-state index contributed by atoms with van der Waals surface area (Å²) in [6.45, 7) is 2.15. The van der Waals surface area contributed by atoms with Crippen LogP contribution in [0.15, 0.2) is 24.3 Å². The fourth-order valence-electron chi connectivity index (χ4n) is 5.64. The van der Waals surface area contributed by atoms with Crippen LogP contribution in [0, 0.1) is 46.9 Å². The fraction of sp³-hybridized carbons (Fsp3) is 0.480. The number of carbonyl (C=O) groups excluding carboxylic acids is 1. The second-order valence-corrected chi connectivity index (χ2v) is 8.74. The third-order valence-electron chi connectivity index (χ3n) is 7.13. The molecule has 172 valence electrons. The lowest BCUT2D eigenvalue weighted by Crippen LogP contribution is -2.25. The number of benzene rings is 2. The predicted molar refractivity (Wildman–Crippen MR) is 111 cm³/mol. The lowest BCUT2D eigenvalue weighted by molar-refractivity contribution is -0.140. The number of halogens is 4. The number of methoxy groups -OCH3 is 1. The largest absolute Gasteiger partial charge is 0.494 e. The molecule has 0 aromatic heterocycles. The zero-order valence-electron chi connectivity index (χ0n) is 18.1. The lowest BCUT2D eigenvalue weighted by Gasteiger charge is -2.20. The topological polar surface area (TPSA) is 35.5 Å². The maximum atomic E-state index is 14.7. The predicted octanol–water partition coefficient (Wildman–Crippen LogP) is 6.68. The molecule has 2 fully saturated rings. The summed E-state index contributed by atoms with van der Waals surface area (Å²) in [4.78, 5) is 12.8. The van der Waals surface area contributed by atoms with Crippen LogP contribution in [0.5, 0.6) is 11.5 Å². The molecule has 2 aromatic rings. The number of carbonyl (C=O) groups is 1. The smallest absolute Gasteiger partial charge is 0.314 e. The van der Waals surface area contributed by atoms with E-state index in [1.54, 1.807) is 0 Å². The summed E-state index contributed by atoms with van der Waals surface area (Å²) in [5.74, 6) is -5.90. The van der Waals surface area contributed by atoms with E-state index in [4.69, 9.17) is 9.47 Å². The Balaban J connectivity index is 1.54. The van der Waals surface area contributed by atoms with E-state index in [0.29, 0.717) is 18.3 Å².